The first-order valence-corrected chi connectivity index (χ1v) is 10.1. The third kappa shape index (κ3) is 10.3. The van der Waals surface area contributed by atoms with Gasteiger partial charge in [0.1, 0.15) is 21.9 Å². The van der Waals surface area contributed by atoms with Gasteiger partial charge < -0.3 is 9.47 Å². The van der Waals surface area contributed by atoms with Crippen LogP contribution in [0.1, 0.15) is 27.7 Å². The number of halogens is 2. The molecule has 0 unspecified atom stereocenters. The van der Waals surface area contributed by atoms with E-state index in [0.717, 1.165) is 0 Å². The Morgan fingerprint density at radius 2 is 1.15 bits per heavy atom. The Morgan fingerprint density at radius 3 is 1.40 bits per heavy atom. The summed E-state index contributed by atoms with van der Waals surface area (Å²) in [5, 5.41) is 0. The van der Waals surface area contributed by atoms with Gasteiger partial charge in [-0.15, -0.1) is 0 Å². The van der Waals surface area contributed by atoms with Gasteiger partial charge in [-0.1, -0.05) is 53.4 Å². The van der Waals surface area contributed by atoms with E-state index in [0.29, 0.717) is 24.7 Å². The van der Waals surface area contributed by atoms with E-state index in [1.807, 2.05) is 0 Å². The minimum Gasteiger partial charge on any atom is -0.464 e. The lowest BCUT2D eigenvalue weighted by Crippen LogP contribution is -2.27. The lowest BCUT2D eigenvalue weighted by atomic mass is 10.2. The normalized spacial score (nSPS) is 12.1. The van der Waals surface area contributed by atoms with Crippen LogP contribution in [0.4, 0.5) is 0 Å². The molecule has 118 valence electrons. The molecule has 0 aliphatic heterocycles. The SMILES string of the molecule is CC(C)(Br)C(=O)OCCSSCCOC(=O)C(C)(C)Br. The lowest BCUT2D eigenvalue weighted by Gasteiger charge is -2.15. The largest absolute Gasteiger partial charge is 0.464 e. The molecule has 0 aliphatic carbocycles. The molecule has 0 fully saturated rings. The molecular weight excluding hydrogens is 432 g/mol. The lowest BCUT2D eigenvalue weighted by molar-refractivity contribution is -0.145. The molecule has 0 radical (unpaired) electrons. The first kappa shape index (κ1) is 20.6. The maximum atomic E-state index is 11.4. The van der Waals surface area contributed by atoms with Crippen molar-refractivity contribution in [1.82, 2.24) is 0 Å². The number of hydrogen-bond acceptors (Lipinski definition) is 6. The summed E-state index contributed by atoms with van der Waals surface area (Å²) in [7, 11) is 3.17. The van der Waals surface area contributed by atoms with Gasteiger partial charge in [-0.05, 0) is 27.7 Å². The van der Waals surface area contributed by atoms with Crippen molar-refractivity contribution in [1.29, 1.82) is 0 Å². The molecule has 0 aromatic carbocycles. The highest BCUT2D eigenvalue weighted by molar-refractivity contribution is 9.10. The Labute approximate surface area is 145 Å². The van der Waals surface area contributed by atoms with E-state index in [4.69, 9.17) is 9.47 Å². The molecule has 0 atom stereocenters. The molecule has 0 aliphatic rings. The Morgan fingerprint density at radius 1 is 0.850 bits per heavy atom. The number of esters is 2. The van der Waals surface area contributed by atoms with Gasteiger partial charge in [0.2, 0.25) is 0 Å². The molecule has 8 heteroatoms. The number of carbonyl (C=O) groups is 2. The highest BCUT2D eigenvalue weighted by atomic mass is 79.9. The summed E-state index contributed by atoms with van der Waals surface area (Å²) in [5.41, 5.74) is 0. The molecule has 0 rings (SSSR count). The molecule has 0 spiro atoms. The average Bonchev–Trinajstić information content (AvgIpc) is 2.29. The average molecular weight is 452 g/mol. The van der Waals surface area contributed by atoms with E-state index in [1.165, 1.54) is 0 Å². The number of alkyl halides is 2. The number of carbonyl (C=O) groups excluding carboxylic acids is 2. The van der Waals surface area contributed by atoms with Crippen LogP contribution in [0.25, 0.3) is 0 Å². The van der Waals surface area contributed by atoms with Crippen LogP contribution in [-0.2, 0) is 19.1 Å². The van der Waals surface area contributed by atoms with Crippen LogP contribution in [0.15, 0.2) is 0 Å². The van der Waals surface area contributed by atoms with Gasteiger partial charge in [0, 0.05) is 11.5 Å². The molecule has 0 amide bonds. The van der Waals surface area contributed by atoms with E-state index >= 15 is 0 Å². The Kier molecular flexibility index (Phi) is 9.87. The van der Waals surface area contributed by atoms with Crippen molar-refractivity contribution in [2.24, 2.45) is 0 Å². The predicted molar refractivity (Wildman–Crippen MR) is 92.8 cm³/mol. The van der Waals surface area contributed by atoms with Gasteiger partial charge in [-0.25, -0.2) is 0 Å². The minimum atomic E-state index is -0.637. The Hall–Kier alpha value is 0.600. The second kappa shape index (κ2) is 9.58. The van der Waals surface area contributed by atoms with Crippen molar-refractivity contribution in [2.75, 3.05) is 24.7 Å². The number of ether oxygens (including phenoxy) is 2. The third-order valence-electron chi connectivity index (χ3n) is 1.85. The predicted octanol–water partition coefficient (Wildman–Crippen LogP) is 3.80. The quantitative estimate of drug-likeness (QED) is 0.230. The molecule has 0 N–H and O–H groups in total. The van der Waals surface area contributed by atoms with Crippen molar-refractivity contribution in [2.45, 2.75) is 36.3 Å². The van der Waals surface area contributed by atoms with Crippen LogP contribution < -0.4 is 0 Å². The summed E-state index contributed by atoms with van der Waals surface area (Å²) in [6.45, 7) is 7.74. The molecule has 0 aromatic heterocycles. The minimum absolute atomic E-state index is 0.267. The number of rotatable bonds is 9. The fourth-order valence-corrected chi connectivity index (χ4v) is 2.68. The third-order valence-corrected chi connectivity index (χ3v) is 4.83. The monoisotopic (exact) mass is 450 g/mol. The first-order chi connectivity index (χ1) is 9.05. The van der Waals surface area contributed by atoms with E-state index in [-0.39, 0.29) is 11.9 Å². The summed E-state index contributed by atoms with van der Waals surface area (Å²) in [6.07, 6.45) is 0. The van der Waals surface area contributed by atoms with Gasteiger partial charge in [0.05, 0.1) is 0 Å². The zero-order valence-electron chi connectivity index (χ0n) is 12.0. The topological polar surface area (TPSA) is 52.6 Å². The molecule has 0 saturated carbocycles. The molecule has 4 nitrogen and oxygen atoms in total. The Balaban J connectivity index is 3.47. The highest BCUT2D eigenvalue weighted by Crippen LogP contribution is 2.23. The van der Waals surface area contributed by atoms with Crippen molar-refractivity contribution in [3.05, 3.63) is 0 Å². The van der Waals surface area contributed by atoms with Crippen molar-refractivity contribution < 1.29 is 19.1 Å². The second-order valence-electron chi connectivity index (χ2n) is 4.86. The Bertz CT molecular complexity index is 292. The summed E-state index contributed by atoms with van der Waals surface area (Å²) < 4.78 is 8.89. The van der Waals surface area contributed by atoms with Crippen LogP contribution in [0.2, 0.25) is 0 Å². The fraction of sp³-hybridized carbons (Fsp3) is 0.833. The highest BCUT2D eigenvalue weighted by Gasteiger charge is 2.25. The fourth-order valence-electron chi connectivity index (χ4n) is 0.798. The van der Waals surface area contributed by atoms with Crippen molar-refractivity contribution >= 4 is 65.4 Å². The molecular formula is C12H20Br2O4S2. The summed E-state index contributed by atoms with van der Waals surface area (Å²) in [5.74, 6) is 0.877. The van der Waals surface area contributed by atoms with Crippen molar-refractivity contribution in [3.63, 3.8) is 0 Å². The maximum Gasteiger partial charge on any atom is 0.322 e. The van der Waals surface area contributed by atoms with E-state index in [2.05, 4.69) is 31.9 Å². The first-order valence-electron chi connectivity index (χ1n) is 6.02. The van der Waals surface area contributed by atoms with Crippen LogP contribution in [-0.4, -0.2) is 45.3 Å². The van der Waals surface area contributed by atoms with Crippen LogP contribution in [0, 0.1) is 0 Å². The molecule has 0 aromatic rings. The van der Waals surface area contributed by atoms with Gasteiger partial charge in [-0.3, -0.25) is 9.59 Å². The van der Waals surface area contributed by atoms with Crippen LogP contribution in [0.3, 0.4) is 0 Å². The van der Waals surface area contributed by atoms with Gasteiger partial charge in [-0.2, -0.15) is 0 Å². The van der Waals surface area contributed by atoms with Crippen LogP contribution in [0.5, 0.6) is 0 Å². The van der Waals surface area contributed by atoms with E-state index in [9.17, 15) is 9.59 Å². The summed E-state index contributed by atoms with van der Waals surface area (Å²) in [6, 6.07) is 0. The van der Waals surface area contributed by atoms with Gasteiger partial charge in [0.25, 0.3) is 0 Å². The molecule has 0 heterocycles. The molecule has 20 heavy (non-hydrogen) atoms. The van der Waals surface area contributed by atoms with Crippen LogP contribution >= 0.6 is 53.4 Å². The standard InChI is InChI=1S/C12H20Br2O4S2/c1-11(2,13)9(15)17-5-7-19-20-8-6-18-10(16)12(3,4)14/h5-8H2,1-4H3. The van der Waals surface area contributed by atoms with Crippen molar-refractivity contribution in [3.8, 4) is 0 Å². The van der Waals surface area contributed by atoms with Gasteiger partial charge in [0.15, 0.2) is 0 Å². The second-order valence-corrected chi connectivity index (χ2v) is 11.5. The molecule has 0 bridgehead atoms. The zero-order valence-corrected chi connectivity index (χ0v) is 16.8. The summed E-state index contributed by atoms with van der Waals surface area (Å²) in [4.78, 5) is 22.8. The molecule has 0 saturated heterocycles. The van der Waals surface area contributed by atoms with E-state index < -0.39 is 8.65 Å². The summed E-state index contributed by atoms with van der Waals surface area (Å²) >= 11 is 6.48. The van der Waals surface area contributed by atoms with Gasteiger partial charge >= 0.3 is 11.9 Å². The van der Waals surface area contributed by atoms with E-state index in [1.54, 1.807) is 49.3 Å². The number of hydrogen-bond donors (Lipinski definition) is 0. The maximum absolute atomic E-state index is 11.4. The zero-order chi connectivity index (χ0) is 15.8. The smallest absolute Gasteiger partial charge is 0.322 e.